The summed E-state index contributed by atoms with van der Waals surface area (Å²) in [5.74, 6) is -0.414. The number of carbonyl (C=O) groups is 1. The second-order valence-electron chi connectivity index (χ2n) is 6.93. The van der Waals surface area contributed by atoms with Crippen LogP contribution in [0.15, 0.2) is 91.0 Å². The zero-order chi connectivity index (χ0) is 21.1. The van der Waals surface area contributed by atoms with E-state index in [1.807, 2.05) is 66.7 Å². The molecular weight excluding hydrogens is 391 g/mol. The van der Waals surface area contributed by atoms with Crippen LogP contribution >= 0.6 is 0 Å². The first-order valence-corrected chi connectivity index (χ1v) is 9.38. The summed E-state index contributed by atoms with van der Waals surface area (Å²) in [4.78, 5) is 15.0. The van der Waals surface area contributed by atoms with Crippen LogP contribution in [0.4, 0.5) is 13.2 Å². The fraction of sp³-hybridized carbons (Fsp3) is 0.125. The molecule has 30 heavy (non-hydrogen) atoms. The van der Waals surface area contributed by atoms with Crippen LogP contribution in [-0.4, -0.2) is 17.2 Å². The summed E-state index contributed by atoms with van der Waals surface area (Å²) in [6.07, 6.45) is -2.88. The third-order valence-corrected chi connectivity index (χ3v) is 4.89. The van der Waals surface area contributed by atoms with Crippen LogP contribution in [0, 0.1) is 0 Å². The number of alkyl halides is 3. The molecular formula is C24H18F3NO2. The van der Waals surface area contributed by atoms with Crippen molar-refractivity contribution in [2.75, 3.05) is 0 Å². The lowest BCUT2D eigenvalue weighted by Gasteiger charge is -2.25. The van der Waals surface area contributed by atoms with Crippen molar-refractivity contribution < 1.29 is 22.7 Å². The molecule has 3 aromatic carbocycles. The van der Waals surface area contributed by atoms with E-state index in [2.05, 4.69) is 4.74 Å². The standard InChI is InChI=1S/C24H18F3NO2/c25-24(26,27)30-20-13-11-19(12-14-20)22-15-21(18-9-5-2-6-10-18)23(29)28(22)16-17-7-3-1-4-8-17/h1-15,22H,16H2. The van der Waals surface area contributed by atoms with Crippen molar-refractivity contribution in [3.63, 3.8) is 0 Å². The topological polar surface area (TPSA) is 29.5 Å². The van der Waals surface area contributed by atoms with Crippen LogP contribution in [0.1, 0.15) is 22.7 Å². The lowest BCUT2D eigenvalue weighted by molar-refractivity contribution is -0.274. The van der Waals surface area contributed by atoms with Crippen LogP contribution in [-0.2, 0) is 11.3 Å². The van der Waals surface area contributed by atoms with Crippen LogP contribution in [0.2, 0.25) is 0 Å². The molecule has 4 rings (SSSR count). The summed E-state index contributed by atoms with van der Waals surface area (Å²) in [5.41, 5.74) is 3.06. The molecule has 6 heteroatoms. The Kier molecular flexibility index (Phi) is 5.31. The van der Waals surface area contributed by atoms with Gasteiger partial charge in [0.05, 0.1) is 6.04 Å². The van der Waals surface area contributed by atoms with E-state index in [4.69, 9.17) is 0 Å². The Bertz CT molecular complexity index is 1050. The Morgan fingerprint density at radius 3 is 2.03 bits per heavy atom. The van der Waals surface area contributed by atoms with Crippen molar-refractivity contribution in [2.45, 2.75) is 18.9 Å². The number of ether oxygens (including phenoxy) is 1. The molecule has 1 aliphatic rings. The van der Waals surface area contributed by atoms with Gasteiger partial charge in [-0.1, -0.05) is 72.8 Å². The van der Waals surface area contributed by atoms with Gasteiger partial charge in [0.15, 0.2) is 0 Å². The Balaban J connectivity index is 1.67. The minimum absolute atomic E-state index is 0.120. The largest absolute Gasteiger partial charge is 0.573 e. The number of halogens is 3. The summed E-state index contributed by atoms with van der Waals surface area (Å²) < 4.78 is 41.3. The number of amides is 1. The van der Waals surface area contributed by atoms with E-state index in [-0.39, 0.29) is 11.7 Å². The minimum atomic E-state index is -4.75. The Morgan fingerprint density at radius 1 is 0.833 bits per heavy atom. The lowest BCUT2D eigenvalue weighted by atomic mass is 10.0. The lowest BCUT2D eigenvalue weighted by Crippen LogP contribution is -2.29. The van der Waals surface area contributed by atoms with Crippen molar-refractivity contribution in [3.8, 4) is 5.75 Å². The second-order valence-corrected chi connectivity index (χ2v) is 6.93. The van der Waals surface area contributed by atoms with Gasteiger partial charge in [-0.15, -0.1) is 13.2 Å². The van der Waals surface area contributed by atoms with Crippen molar-refractivity contribution in [2.24, 2.45) is 0 Å². The molecule has 1 atom stereocenters. The van der Waals surface area contributed by atoms with Crippen LogP contribution in [0.3, 0.4) is 0 Å². The van der Waals surface area contributed by atoms with E-state index >= 15 is 0 Å². The monoisotopic (exact) mass is 409 g/mol. The smallest absolute Gasteiger partial charge is 0.406 e. The summed E-state index contributed by atoms with van der Waals surface area (Å²) in [5, 5.41) is 0. The Labute approximate surface area is 172 Å². The SMILES string of the molecule is O=C1C(c2ccccc2)=CC(c2ccc(OC(F)(F)F)cc2)N1Cc1ccccc1. The molecule has 0 bridgehead atoms. The predicted octanol–water partition coefficient (Wildman–Crippen LogP) is 5.75. The maximum Gasteiger partial charge on any atom is 0.573 e. The first-order chi connectivity index (χ1) is 14.4. The molecule has 3 nitrogen and oxygen atoms in total. The number of carbonyl (C=O) groups excluding carboxylic acids is 1. The molecule has 0 saturated carbocycles. The van der Waals surface area contributed by atoms with Gasteiger partial charge < -0.3 is 9.64 Å². The fourth-order valence-electron chi connectivity index (χ4n) is 3.53. The number of hydrogen-bond donors (Lipinski definition) is 0. The minimum Gasteiger partial charge on any atom is -0.406 e. The third-order valence-electron chi connectivity index (χ3n) is 4.89. The summed E-state index contributed by atoms with van der Waals surface area (Å²) >= 11 is 0. The molecule has 0 N–H and O–H groups in total. The van der Waals surface area contributed by atoms with E-state index in [1.165, 1.54) is 12.1 Å². The molecule has 0 aromatic heterocycles. The molecule has 152 valence electrons. The van der Waals surface area contributed by atoms with E-state index in [9.17, 15) is 18.0 Å². The van der Waals surface area contributed by atoms with Gasteiger partial charge in [0.25, 0.3) is 5.91 Å². The van der Waals surface area contributed by atoms with Gasteiger partial charge >= 0.3 is 6.36 Å². The molecule has 1 unspecified atom stereocenters. The van der Waals surface area contributed by atoms with Gasteiger partial charge in [-0.2, -0.15) is 0 Å². The molecule has 0 spiro atoms. The van der Waals surface area contributed by atoms with Gasteiger partial charge in [0.1, 0.15) is 5.75 Å². The quantitative estimate of drug-likeness (QED) is 0.537. The van der Waals surface area contributed by atoms with Crippen molar-refractivity contribution in [3.05, 3.63) is 108 Å². The maximum absolute atomic E-state index is 13.2. The predicted molar refractivity (Wildman–Crippen MR) is 107 cm³/mol. The number of hydrogen-bond acceptors (Lipinski definition) is 2. The zero-order valence-electron chi connectivity index (χ0n) is 15.8. The van der Waals surface area contributed by atoms with Gasteiger partial charge in [-0.25, -0.2) is 0 Å². The van der Waals surface area contributed by atoms with Crippen molar-refractivity contribution in [1.29, 1.82) is 0 Å². The highest BCUT2D eigenvalue weighted by molar-refractivity contribution is 6.21. The summed E-state index contributed by atoms with van der Waals surface area (Å²) in [7, 11) is 0. The van der Waals surface area contributed by atoms with Gasteiger partial charge in [-0.05, 0) is 34.9 Å². The molecule has 0 saturated heterocycles. The van der Waals surface area contributed by atoms with Gasteiger partial charge in [-0.3, -0.25) is 4.79 Å². The van der Waals surface area contributed by atoms with Crippen molar-refractivity contribution >= 4 is 11.5 Å². The summed E-state index contributed by atoms with van der Waals surface area (Å²) in [6, 6.07) is 24.2. The molecule has 0 radical (unpaired) electrons. The number of nitrogens with zero attached hydrogens (tertiary/aromatic N) is 1. The van der Waals surface area contributed by atoms with Crippen LogP contribution in [0.25, 0.3) is 5.57 Å². The Morgan fingerprint density at radius 2 is 1.43 bits per heavy atom. The van der Waals surface area contributed by atoms with E-state index in [0.29, 0.717) is 17.7 Å². The summed E-state index contributed by atoms with van der Waals surface area (Å²) in [6.45, 7) is 0.387. The fourth-order valence-corrected chi connectivity index (χ4v) is 3.53. The van der Waals surface area contributed by atoms with E-state index < -0.39 is 12.4 Å². The molecule has 0 fully saturated rings. The number of benzene rings is 3. The van der Waals surface area contributed by atoms with Crippen molar-refractivity contribution in [1.82, 2.24) is 4.90 Å². The highest BCUT2D eigenvalue weighted by Gasteiger charge is 2.34. The van der Waals surface area contributed by atoms with Crippen LogP contribution in [0.5, 0.6) is 5.75 Å². The molecule has 1 heterocycles. The normalized spacial score (nSPS) is 16.5. The number of rotatable bonds is 5. The molecule has 0 aliphatic carbocycles. The highest BCUT2D eigenvalue weighted by atomic mass is 19.4. The Hall–Kier alpha value is -3.54. The zero-order valence-corrected chi connectivity index (χ0v) is 15.8. The van der Waals surface area contributed by atoms with E-state index in [1.54, 1.807) is 17.0 Å². The average molecular weight is 409 g/mol. The van der Waals surface area contributed by atoms with Gasteiger partial charge in [0.2, 0.25) is 0 Å². The first kappa shape index (κ1) is 19.8. The molecule has 1 amide bonds. The van der Waals surface area contributed by atoms with Gasteiger partial charge in [0, 0.05) is 12.1 Å². The van der Waals surface area contributed by atoms with E-state index in [0.717, 1.165) is 11.1 Å². The maximum atomic E-state index is 13.2. The second kappa shape index (κ2) is 8.06. The van der Waals surface area contributed by atoms with Crippen LogP contribution < -0.4 is 4.74 Å². The third kappa shape index (κ3) is 4.38. The molecule has 1 aliphatic heterocycles. The first-order valence-electron chi connectivity index (χ1n) is 9.38. The molecule has 3 aromatic rings. The highest BCUT2D eigenvalue weighted by Crippen LogP contribution is 2.37. The average Bonchev–Trinajstić information content (AvgIpc) is 3.05.